The normalized spacial score (nSPS) is 28.5. The van der Waals surface area contributed by atoms with Crippen LogP contribution in [0.2, 0.25) is 0 Å². The summed E-state index contributed by atoms with van der Waals surface area (Å²) in [5.41, 5.74) is 3.23. The predicted molar refractivity (Wildman–Crippen MR) is 121 cm³/mol. The molecule has 5 nitrogen and oxygen atoms in total. The number of piperidine rings is 1. The molecule has 2 aliphatic carbocycles. The Bertz CT molecular complexity index is 1020. The van der Waals surface area contributed by atoms with E-state index in [1.807, 2.05) is 29.2 Å². The second-order valence-electron chi connectivity index (χ2n) is 9.36. The van der Waals surface area contributed by atoms with Crippen LogP contribution >= 0.6 is 0 Å². The van der Waals surface area contributed by atoms with Gasteiger partial charge in [-0.1, -0.05) is 42.8 Å². The molecule has 1 aliphatic heterocycles. The Kier molecular flexibility index (Phi) is 5.44. The Morgan fingerprint density at radius 1 is 1.19 bits per heavy atom. The van der Waals surface area contributed by atoms with Gasteiger partial charge in [-0.25, -0.2) is 0 Å². The van der Waals surface area contributed by atoms with E-state index in [-0.39, 0.29) is 23.3 Å². The summed E-state index contributed by atoms with van der Waals surface area (Å²) in [5.74, 6) is 0.395. The number of likely N-dealkylation sites (tertiary alicyclic amines) is 1. The van der Waals surface area contributed by atoms with Gasteiger partial charge in [-0.15, -0.1) is 0 Å². The second kappa shape index (κ2) is 8.27. The molecule has 1 heterocycles. The highest BCUT2D eigenvalue weighted by Crippen LogP contribution is 2.59. The van der Waals surface area contributed by atoms with E-state index in [0.717, 1.165) is 37.0 Å². The molecule has 1 saturated heterocycles. The number of carbonyl (C=O) groups is 2. The Balaban J connectivity index is 1.65. The molecular weight excluding hydrogens is 402 g/mol. The van der Waals surface area contributed by atoms with E-state index < -0.39 is 5.92 Å². The van der Waals surface area contributed by atoms with Crippen molar-refractivity contribution in [3.8, 4) is 5.75 Å². The molecule has 2 aromatic rings. The Morgan fingerprint density at radius 2 is 2.00 bits per heavy atom. The molecule has 5 heteroatoms. The zero-order valence-electron chi connectivity index (χ0n) is 18.9. The van der Waals surface area contributed by atoms with Crippen LogP contribution in [-0.2, 0) is 32.8 Å². The first-order valence-electron chi connectivity index (χ1n) is 11.8. The first kappa shape index (κ1) is 21.0. The molecule has 4 atom stereocenters. The first-order valence-corrected chi connectivity index (χ1v) is 11.8. The van der Waals surface area contributed by atoms with E-state index >= 15 is 0 Å². The maximum atomic E-state index is 13.9. The molecule has 0 aromatic heterocycles. The number of hydrogen-bond acceptors (Lipinski definition) is 4. The van der Waals surface area contributed by atoms with Gasteiger partial charge < -0.3 is 14.4 Å². The Morgan fingerprint density at radius 3 is 2.75 bits per heavy atom. The quantitative estimate of drug-likeness (QED) is 0.516. The summed E-state index contributed by atoms with van der Waals surface area (Å²) in [5, 5.41) is 0. The molecule has 1 amide bonds. The third kappa shape index (κ3) is 3.21. The van der Waals surface area contributed by atoms with Gasteiger partial charge in [0.1, 0.15) is 11.7 Å². The minimum absolute atomic E-state index is 0.0899. The zero-order valence-corrected chi connectivity index (χ0v) is 18.9. The molecule has 32 heavy (non-hydrogen) atoms. The summed E-state index contributed by atoms with van der Waals surface area (Å²) >= 11 is 0. The van der Waals surface area contributed by atoms with Gasteiger partial charge in [-0.3, -0.25) is 9.59 Å². The maximum Gasteiger partial charge on any atom is 0.318 e. The number of ether oxygens (including phenoxy) is 2. The number of methoxy groups -OCH3 is 1. The number of carbonyl (C=O) groups excluding carboxylic acids is 2. The van der Waals surface area contributed by atoms with Crippen LogP contribution in [0.4, 0.5) is 0 Å². The smallest absolute Gasteiger partial charge is 0.318 e. The lowest BCUT2D eigenvalue weighted by atomic mass is 9.53. The summed E-state index contributed by atoms with van der Waals surface area (Å²) in [6.45, 7) is 2.60. The van der Waals surface area contributed by atoms with Crippen LogP contribution in [0.1, 0.15) is 49.3 Å². The number of esters is 1. The van der Waals surface area contributed by atoms with Crippen LogP contribution in [0.5, 0.6) is 5.75 Å². The highest BCUT2D eigenvalue weighted by atomic mass is 16.5. The standard InChI is InChI=1S/C27H31NO4/c1-3-32-26(30)22-16-24-19-10-7-13-27(24,23-12-11-21(31-2)15-20(23)14-19)28(25(22)29)17-18-8-5-4-6-9-18/h4-6,8-9,11-12,15,19,22,24H,3,7,10,13-14,16-17H2,1-2H3/t19-,22?,24-,27-/m1/s1. The summed E-state index contributed by atoms with van der Waals surface area (Å²) in [6.07, 6.45) is 4.71. The fourth-order valence-corrected chi connectivity index (χ4v) is 6.59. The zero-order chi connectivity index (χ0) is 22.3. The van der Waals surface area contributed by atoms with Crippen molar-refractivity contribution in [3.63, 3.8) is 0 Å². The molecule has 2 aromatic carbocycles. The van der Waals surface area contributed by atoms with E-state index in [1.165, 1.54) is 11.1 Å². The Hall–Kier alpha value is -2.82. The summed E-state index contributed by atoms with van der Waals surface area (Å²) in [4.78, 5) is 28.8. The number of benzene rings is 2. The average Bonchev–Trinajstić information content (AvgIpc) is 2.81. The molecule has 3 aliphatic rings. The predicted octanol–water partition coefficient (Wildman–Crippen LogP) is 4.47. The molecule has 0 spiro atoms. The van der Waals surface area contributed by atoms with E-state index in [0.29, 0.717) is 25.5 Å². The van der Waals surface area contributed by atoms with Gasteiger partial charge in [0.15, 0.2) is 0 Å². The van der Waals surface area contributed by atoms with Gasteiger partial charge in [-0.05, 0) is 73.3 Å². The van der Waals surface area contributed by atoms with Gasteiger partial charge in [-0.2, -0.15) is 0 Å². The van der Waals surface area contributed by atoms with Crippen LogP contribution in [0.25, 0.3) is 0 Å². The van der Waals surface area contributed by atoms with Crippen LogP contribution in [0, 0.1) is 17.8 Å². The monoisotopic (exact) mass is 433 g/mol. The van der Waals surface area contributed by atoms with Crippen LogP contribution in [-0.4, -0.2) is 30.5 Å². The fraction of sp³-hybridized carbons (Fsp3) is 0.481. The number of hydrogen-bond donors (Lipinski definition) is 0. The minimum atomic E-state index is -0.711. The molecule has 5 rings (SSSR count). The number of nitrogens with zero attached hydrogens (tertiary/aromatic N) is 1. The SMILES string of the molecule is CCOC(=O)C1C[C@@H]2[C@@H]3CCC[C@]2(c2ccc(OC)cc2C3)N(Cc2ccccc2)C1=O. The van der Waals surface area contributed by atoms with Crippen LogP contribution < -0.4 is 4.74 Å². The number of amides is 1. The summed E-state index contributed by atoms with van der Waals surface area (Å²) in [6, 6.07) is 16.4. The van der Waals surface area contributed by atoms with Gasteiger partial charge >= 0.3 is 5.97 Å². The van der Waals surface area contributed by atoms with E-state index in [1.54, 1.807) is 14.0 Å². The largest absolute Gasteiger partial charge is 0.497 e. The van der Waals surface area contributed by atoms with Crippen molar-refractivity contribution in [2.24, 2.45) is 17.8 Å². The third-order valence-corrected chi connectivity index (χ3v) is 7.87. The number of fused-ring (bicyclic) bond motifs is 1. The average molecular weight is 434 g/mol. The molecule has 2 fully saturated rings. The highest BCUT2D eigenvalue weighted by Gasteiger charge is 2.60. The Labute approximate surface area is 189 Å². The highest BCUT2D eigenvalue weighted by molar-refractivity contribution is 5.99. The van der Waals surface area contributed by atoms with E-state index in [9.17, 15) is 9.59 Å². The van der Waals surface area contributed by atoms with Crippen LogP contribution in [0.3, 0.4) is 0 Å². The lowest BCUT2D eigenvalue weighted by Crippen LogP contribution is -2.65. The molecule has 0 radical (unpaired) electrons. The topological polar surface area (TPSA) is 55.8 Å². The summed E-state index contributed by atoms with van der Waals surface area (Å²) in [7, 11) is 1.70. The van der Waals surface area contributed by atoms with Crippen molar-refractivity contribution < 1.29 is 19.1 Å². The molecule has 1 unspecified atom stereocenters. The maximum absolute atomic E-state index is 13.9. The van der Waals surface area contributed by atoms with Crippen molar-refractivity contribution in [2.45, 2.75) is 51.1 Å². The second-order valence-corrected chi connectivity index (χ2v) is 9.36. The summed E-state index contributed by atoms with van der Waals surface area (Å²) < 4.78 is 10.9. The molecule has 0 N–H and O–H groups in total. The molecule has 168 valence electrons. The van der Waals surface area contributed by atoms with Gasteiger partial charge in [0, 0.05) is 6.54 Å². The molecule has 2 bridgehead atoms. The number of rotatable bonds is 5. The molecular formula is C27H31NO4. The third-order valence-electron chi connectivity index (χ3n) is 7.87. The van der Waals surface area contributed by atoms with E-state index in [2.05, 4.69) is 24.3 Å². The fourth-order valence-electron chi connectivity index (χ4n) is 6.59. The molecule has 1 saturated carbocycles. The lowest BCUT2D eigenvalue weighted by molar-refractivity contribution is -0.176. The van der Waals surface area contributed by atoms with Crippen molar-refractivity contribution >= 4 is 11.9 Å². The van der Waals surface area contributed by atoms with Crippen molar-refractivity contribution in [3.05, 3.63) is 65.2 Å². The first-order chi connectivity index (χ1) is 15.6. The minimum Gasteiger partial charge on any atom is -0.497 e. The van der Waals surface area contributed by atoms with Crippen molar-refractivity contribution in [2.75, 3.05) is 13.7 Å². The van der Waals surface area contributed by atoms with Gasteiger partial charge in [0.2, 0.25) is 5.91 Å². The van der Waals surface area contributed by atoms with Crippen molar-refractivity contribution in [1.29, 1.82) is 0 Å². The van der Waals surface area contributed by atoms with Gasteiger partial charge in [0.05, 0.1) is 19.3 Å². The van der Waals surface area contributed by atoms with Crippen molar-refractivity contribution in [1.82, 2.24) is 4.90 Å². The van der Waals surface area contributed by atoms with E-state index in [4.69, 9.17) is 9.47 Å². The van der Waals surface area contributed by atoms with Crippen LogP contribution in [0.15, 0.2) is 48.5 Å². The lowest BCUT2D eigenvalue weighted by Gasteiger charge is -2.61. The van der Waals surface area contributed by atoms with Gasteiger partial charge in [0.25, 0.3) is 0 Å².